The van der Waals surface area contributed by atoms with Crippen LogP contribution in [0.15, 0.2) is 30.3 Å². The highest BCUT2D eigenvalue weighted by molar-refractivity contribution is 5.82. The van der Waals surface area contributed by atoms with Gasteiger partial charge in [-0.1, -0.05) is 30.3 Å². The number of nitrogens with one attached hydrogen (secondary N) is 1. The second-order valence-corrected chi connectivity index (χ2v) is 5.26. The van der Waals surface area contributed by atoms with Gasteiger partial charge in [0.25, 0.3) is 0 Å². The van der Waals surface area contributed by atoms with Gasteiger partial charge in [-0.15, -0.1) is 0 Å². The van der Waals surface area contributed by atoms with Crippen LogP contribution in [0.25, 0.3) is 0 Å². The van der Waals surface area contributed by atoms with Crippen LogP contribution in [-0.2, 0) is 35.1 Å². The molecule has 0 spiro atoms. The second-order valence-electron chi connectivity index (χ2n) is 5.26. The highest BCUT2D eigenvalue weighted by Crippen LogP contribution is 2.05. The Labute approximate surface area is 152 Å². The van der Waals surface area contributed by atoms with E-state index in [1.165, 1.54) is 7.11 Å². The van der Waals surface area contributed by atoms with Crippen molar-refractivity contribution in [2.75, 3.05) is 26.9 Å². The molecule has 0 aromatic heterocycles. The Morgan fingerprint density at radius 1 is 1.04 bits per heavy atom. The van der Waals surface area contributed by atoms with Crippen LogP contribution in [0.2, 0.25) is 0 Å². The molecular weight excluding hydrogens is 342 g/mol. The van der Waals surface area contributed by atoms with Crippen LogP contribution < -0.4 is 5.32 Å². The Balaban J connectivity index is 2.53. The number of alkyl carbamates (subject to hydrolysis) is 1. The summed E-state index contributed by atoms with van der Waals surface area (Å²) in [4.78, 5) is 35.5. The van der Waals surface area contributed by atoms with E-state index in [9.17, 15) is 14.4 Å². The topological polar surface area (TPSA) is 100 Å². The molecule has 1 aromatic rings. The van der Waals surface area contributed by atoms with E-state index in [2.05, 4.69) is 5.32 Å². The van der Waals surface area contributed by atoms with Gasteiger partial charge in [0, 0.05) is 13.5 Å². The van der Waals surface area contributed by atoms with Crippen molar-refractivity contribution in [3.8, 4) is 0 Å². The third kappa shape index (κ3) is 9.03. The Bertz CT molecular complexity index is 562. The van der Waals surface area contributed by atoms with Crippen molar-refractivity contribution in [2.45, 2.75) is 32.4 Å². The second kappa shape index (κ2) is 12.7. The number of carbonyl (C=O) groups excluding carboxylic acids is 3. The number of esters is 2. The maximum absolute atomic E-state index is 12.1. The van der Waals surface area contributed by atoms with E-state index < -0.39 is 24.1 Å². The first-order chi connectivity index (χ1) is 12.6. The Morgan fingerprint density at radius 2 is 1.77 bits per heavy atom. The molecule has 0 saturated carbocycles. The van der Waals surface area contributed by atoms with Crippen LogP contribution >= 0.6 is 0 Å². The number of benzene rings is 1. The number of carbonyl (C=O) groups is 3. The summed E-state index contributed by atoms with van der Waals surface area (Å²) in [5.74, 6) is -1.12. The van der Waals surface area contributed by atoms with E-state index in [4.69, 9.17) is 18.9 Å². The molecule has 1 rings (SSSR count). The van der Waals surface area contributed by atoms with Gasteiger partial charge in [0.2, 0.25) is 0 Å². The Morgan fingerprint density at radius 3 is 2.42 bits per heavy atom. The third-order valence-corrected chi connectivity index (χ3v) is 3.26. The van der Waals surface area contributed by atoms with E-state index in [1.807, 2.05) is 30.3 Å². The van der Waals surface area contributed by atoms with Crippen LogP contribution in [0.3, 0.4) is 0 Å². The lowest BCUT2D eigenvalue weighted by Crippen LogP contribution is -2.42. The number of rotatable bonds is 11. The average molecular weight is 367 g/mol. The molecule has 8 heteroatoms. The summed E-state index contributed by atoms with van der Waals surface area (Å²) in [6, 6.07) is 8.11. The molecule has 26 heavy (non-hydrogen) atoms. The molecule has 1 amide bonds. The first kappa shape index (κ1) is 21.4. The number of hydrogen-bond acceptors (Lipinski definition) is 7. The number of amides is 1. The van der Waals surface area contributed by atoms with Crippen LogP contribution in [0.5, 0.6) is 0 Å². The van der Waals surface area contributed by atoms with E-state index in [1.54, 1.807) is 6.92 Å². The van der Waals surface area contributed by atoms with Crippen LogP contribution in [0.4, 0.5) is 4.79 Å². The summed E-state index contributed by atoms with van der Waals surface area (Å²) in [7, 11) is 1.48. The zero-order valence-electron chi connectivity index (χ0n) is 15.1. The third-order valence-electron chi connectivity index (χ3n) is 3.26. The molecule has 0 aliphatic rings. The Kier molecular flexibility index (Phi) is 10.5. The molecule has 0 heterocycles. The Hall–Kier alpha value is -2.61. The van der Waals surface area contributed by atoms with Gasteiger partial charge in [0.1, 0.15) is 19.3 Å². The number of ether oxygens (including phenoxy) is 4. The quantitative estimate of drug-likeness (QED) is 0.362. The zero-order valence-corrected chi connectivity index (χ0v) is 15.1. The fourth-order valence-electron chi connectivity index (χ4n) is 1.98. The molecule has 0 fully saturated rings. The molecule has 1 aromatic carbocycles. The molecule has 0 aliphatic heterocycles. The molecule has 1 N–H and O–H groups in total. The average Bonchev–Trinajstić information content (AvgIpc) is 2.64. The molecule has 0 unspecified atom stereocenters. The summed E-state index contributed by atoms with van der Waals surface area (Å²) < 4.78 is 19.7. The van der Waals surface area contributed by atoms with E-state index in [0.717, 1.165) is 5.56 Å². The summed E-state index contributed by atoms with van der Waals surface area (Å²) in [6.07, 6.45) is -0.756. The van der Waals surface area contributed by atoms with Gasteiger partial charge in [-0.25, -0.2) is 9.59 Å². The summed E-state index contributed by atoms with van der Waals surface area (Å²) >= 11 is 0. The summed E-state index contributed by atoms with van der Waals surface area (Å²) in [6.45, 7) is 2.28. The van der Waals surface area contributed by atoms with Crippen molar-refractivity contribution >= 4 is 18.0 Å². The predicted octanol–water partition coefficient (Wildman–Crippen LogP) is 1.81. The van der Waals surface area contributed by atoms with E-state index in [0.29, 0.717) is 0 Å². The summed E-state index contributed by atoms with van der Waals surface area (Å²) in [5, 5.41) is 2.43. The van der Waals surface area contributed by atoms with Crippen molar-refractivity contribution in [3.05, 3.63) is 35.9 Å². The first-order valence-corrected chi connectivity index (χ1v) is 8.35. The molecular formula is C18H25NO7. The maximum Gasteiger partial charge on any atom is 0.408 e. The molecule has 144 valence electrons. The maximum atomic E-state index is 12.1. The van der Waals surface area contributed by atoms with E-state index >= 15 is 0 Å². The summed E-state index contributed by atoms with van der Waals surface area (Å²) in [5.41, 5.74) is 0.813. The lowest BCUT2D eigenvalue weighted by molar-refractivity contribution is -0.148. The number of hydrogen-bond donors (Lipinski definition) is 1. The fourth-order valence-corrected chi connectivity index (χ4v) is 1.98. The molecule has 8 nitrogen and oxygen atoms in total. The highest BCUT2D eigenvalue weighted by Gasteiger charge is 2.24. The molecule has 0 bridgehead atoms. The fraction of sp³-hybridized carbons (Fsp3) is 0.500. The van der Waals surface area contributed by atoms with Crippen LogP contribution in [0, 0.1) is 0 Å². The largest absolute Gasteiger partial charge is 0.466 e. The van der Waals surface area contributed by atoms with Gasteiger partial charge in [-0.2, -0.15) is 0 Å². The standard InChI is InChI=1S/C18H25NO7/c1-3-24-16(20)10-9-15(17(21)25-12-11-23-2)19-18(22)26-13-14-7-5-4-6-8-14/h4-8,15H,3,9-13H2,1-2H3,(H,19,22)/t15-/m0/s1. The van der Waals surface area contributed by atoms with Gasteiger partial charge >= 0.3 is 18.0 Å². The van der Waals surface area contributed by atoms with Crippen molar-refractivity contribution in [2.24, 2.45) is 0 Å². The number of methoxy groups -OCH3 is 1. The van der Waals surface area contributed by atoms with Gasteiger partial charge in [-0.3, -0.25) is 4.79 Å². The minimum Gasteiger partial charge on any atom is -0.466 e. The smallest absolute Gasteiger partial charge is 0.408 e. The van der Waals surface area contributed by atoms with Gasteiger partial charge in [-0.05, 0) is 18.9 Å². The minimum atomic E-state index is -1.01. The first-order valence-electron chi connectivity index (χ1n) is 8.35. The van der Waals surface area contributed by atoms with Gasteiger partial charge in [0.15, 0.2) is 0 Å². The SMILES string of the molecule is CCOC(=O)CC[C@H](NC(=O)OCc1ccccc1)C(=O)OCCOC. The van der Waals surface area contributed by atoms with Crippen molar-refractivity contribution in [1.29, 1.82) is 0 Å². The van der Waals surface area contributed by atoms with Crippen molar-refractivity contribution < 1.29 is 33.3 Å². The predicted molar refractivity (Wildman–Crippen MR) is 92.3 cm³/mol. The van der Waals surface area contributed by atoms with Crippen LogP contribution in [-0.4, -0.2) is 51.0 Å². The van der Waals surface area contributed by atoms with Gasteiger partial charge < -0.3 is 24.3 Å². The highest BCUT2D eigenvalue weighted by atomic mass is 16.6. The lowest BCUT2D eigenvalue weighted by atomic mass is 10.1. The van der Waals surface area contributed by atoms with E-state index in [-0.39, 0.29) is 39.3 Å². The normalized spacial score (nSPS) is 11.3. The monoisotopic (exact) mass is 367 g/mol. The van der Waals surface area contributed by atoms with Crippen molar-refractivity contribution in [3.63, 3.8) is 0 Å². The lowest BCUT2D eigenvalue weighted by Gasteiger charge is -2.17. The molecule has 0 aliphatic carbocycles. The zero-order chi connectivity index (χ0) is 19.2. The minimum absolute atomic E-state index is 0.0309. The van der Waals surface area contributed by atoms with Crippen LogP contribution in [0.1, 0.15) is 25.3 Å². The van der Waals surface area contributed by atoms with Crippen molar-refractivity contribution in [1.82, 2.24) is 5.32 Å². The molecule has 1 atom stereocenters. The molecule has 0 saturated heterocycles. The van der Waals surface area contributed by atoms with Gasteiger partial charge in [0.05, 0.1) is 13.2 Å². The molecule has 0 radical (unpaired) electrons.